The predicted octanol–water partition coefficient (Wildman–Crippen LogP) is 3.35. The minimum atomic E-state index is -0.738. The molecule has 0 aliphatic heterocycles. The molecule has 21 heavy (non-hydrogen) atoms. The second-order valence-electron chi connectivity index (χ2n) is 3.97. The van der Waals surface area contributed by atoms with Gasteiger partial charge in [-0.1, -0.05) is 6.07 Å². The average Bonchev–Trinajstić information content (AvgIpc) is 2.49. The van der Waals surface area contributed by atoms with Gasteiger partial charge in [0, 0.05) is 0 Å². The number of rotatable bonds is 5. The molecule has 0 spiro atoms. The van der Waals surface area contributed by atoms with Crippen molar-refractivity contribution < 1.29 is 23.6 Å². The number of methoxy groups -OCH3 is 1. The van der Waals surface area contributed by atoms with E-state index in [1.54, 1.807) is 0 Å². The van der Waals surface area contributed by atoms with Crippen LogP contribution in [0.3, 0.4) is 0 Å². The van der Waals surface area contributed by atoms with Crippen molar-refractivity contribution in [1.82, 2.24) is 0 Å². The molecule has 2 rings (SSSR count). The quantitative estimate of drug-likeness (QED) is 0.479. The smallest absolute Gasteiger partial charge is 0.314 e. The molecule has 108 valence electrons. The van der Waals surface area contributed by atoms with Crippen LogP contribution in [0.5, 0.6) is 17.2 Å². The van der Waals surface area contributed by atoms with Crippen molar-refractivity contribution in [2.75, 3.05) is 7.11 Å². The van der Waals surface area contributed by atoms with E-state index in [1.807, 2.05) is 0 Å². The molecular weight excluding hydrogens is 281 g/mol. The Labute approximate surface area is 118 Å². The summed E-state index contributed by atoms with van der Waals surface area (Å²) in [6.45, 7) is 0. The number of nitrogens with zero attached hydrogens (tertiary/aromatic N) is 1. The second-order valence-corrected chi connectivity index (χ2v) is 3.97. The van der Waals surface area contributed by atoms with E-state index in [2.05, 4.69) is 0 Å². The highest BCUT2D eigenvalue weighted by molar-refractivity contribution is 5.79. The molecule has 6 nitrogen and oxygen atoms in total. The fraction of sp³-hybridized carbons (Fsp3) is 0.0714. The highest BCUT2D eigenvalue weighted by atomic mass is 19.1. The largest absolute Gasteiger partial charge is 0.490 e. The number of nitro groups is 1. The molecule has 0 heterocycles. The third-order valence-corrected chi connectivity index (χ3v) is 2.69. The summed E-state index contributed by atoms with van der Waals surface area (Å²) in [7, 11) is 1.30. The van der Waals surface area contributed by atoms with Crippen LogP contribution in [0.1, 0.15) is 10.4 Å². The third-order valence-electron chi connectivity index (χ3n) is 2.69. The molecule has 0 aliphatic rings. The summed E-state index contributed by atoms with van der Waals surface area (Å²) in [4.78, 5) is 21.1. The van der Waals surface area contributed by atoms with Gasteiger partial charge < -0.3 is 9.47 Å². The van der Waals surface area contributed by atoms with Crippen LogP contribution in [-0.4, -0.2) is 18.3 Å². The van der Waals surface area contributed by atoms with Crippen LogP contribution in [0.15, 0.2) is 36.4 Å². The van der Waals surface area contributed by atoms with Gasteiger partial charge in [-0.25, -0.2) is 4.39 Å². The van der Waals surface area contributed by atoms with Crippen molar-refractivity contribution in [3.63, 3.8) is 0 Å². The summed E-state index contributed by atoms with van der Waals surface area (Å²) in [5, 5.41) is 10.9. The van der Waals surface area contributed by atoms with E-state index in [9.17, 15) is 19.3 Å². The topological polar surface area (TPSA) is 78.7 Å². The number of hydrogen-bond donors (Lipinski definition) is 0. The molecule has 0 saturated carbocycles. The first-order valence-corrected chi connectivity index (χ1v) is 5.80. The van der Waals surface area contributed by atoms with Crippen molar-refractivity contribution in [2.45, 2.75) is 0 Å². The van der Waals surface area contributed by atoms with Crippen molar-refractivity contribution in [1.29, 1.82) is 0 Å². The van der Waals surface area contributed by atoms with Gasteiger partial charge >= 0.3 is 5.69 Å². The lowest BCUT2D eigenvalue weighted by Gasteiger charge is -2.09. The number of para-hydroxylation sites is 1. The molecule has 0 saturated heterocycles. The molecule has 0 radical (unpaired) electrons. The Morgan fingerprint density at radius 3 is 2.67 bits per heavy atom. The number of aldehydes is 1. The number of ether oxygens (including phenoxy) is 2. The first-order chi connectivity index (χ1) is 10.1. The van der Waals surface area contributed by atoms with Gasteiger partial charge in [0.25, 0.3) is 0 Å². The van der Waals surface area contributed by atoms with Crippen molar-refractivity contribution >= 4 is 12.0 Å². The van der Waals surface area contributed by atoms with E-state index >= 15 is 0 Å². The molecular formula is C14H10FNO5. The molecule has 0 fully saturated rings. The van der Waals surface area contributed by atoms with Gasteiger partial charge in [-0.05, 0) is 24.3 Å². The molecule has 0 aromatic heterocycles. The van der Waals surface area contributed by atoms with Crippen molar-refractivity contribution in [3.8, 4) is 17.2 Å². The molecule has 0 amide bonds. The zero-order chi connectivity index (χ0) is 15.4. The Bertz CT molecular complexity index is 702. The normalized spacial score (nSPS) is 10.0. The Balaban J connectivity index is 2.43. The number of nitro benzene ring substituents is 1. The van der Waals surface area contributed by atoms with E-state index in [0.29, 0.717) is 6.29 Å². The van der Waals surface area contributed by atoms with Crippen LogP contribution in [0.4, 0.5) is 10.1 Å². The number of benzene rings is 2. The van der Waals surface area contributed by atoms with Gasteiger partial charge in [-0.3, -0.25) is 14.9 Å². The number of carbonyl (C=O) groups excluding carboxylic acids is 1. The minimum Gasteiger partial charge on any atom is -0.490 e. The van der Waals surface area contributed by atoms with Crippen LogP contribution in [-0.2, 0) is 0 Å². The Kier molecular flexibility index (Phi) is 4.13. The molecule has 0 bridgehead atoms. The van der Waals surface area contributed by atoms with Gasteiger partial charge in [0.05, 0.1) is 23.7 Å². The van der Waals surface area contributed by atoms with Crippen molar-refractivity contribution in [3.05, 3.63) is 57.9 Å². The van der Waals surface area contributed by atoms with Crippen LogP contribution in [0, 0.1) is 15.9 Å². The zero-order valence-corrected chi connectivity index (χ0v) is 10.9. The lowest BCUT2D eigenvalue weighted by atomic mass is 10.2. The SMILES string of the molecule is COc1ccc(Oc2c(F)cccc2C=O)cc1[N+](=O)[O-]. The Morgan fingerprint density at radius 1 is 1.29 bits per heavy atom. The molecule has 0 unspecified atom stereocenters. The summed E-state index contributed by atoms with van der Waals surface area (Å²) >= 11 is 0. The summed E-state index contributed by atoms with van der Waals surface area (Å²) in [6, 6.07) is 7.67. The van der Waals surface area contributed by atoms with Crippen LogP contribution in [0.2, 0.25) is 0 Å². The van der Waals surface area contributed by atoms with Crippen LogP contribution in [0.25, 0.3) is 0 Å². The van der Waals surface area contributed by atoms with Gasteiger partial charge in [-0.2, -0.15) is 0 Å². The van der Waals surface area contributed by atoms with Gasteiger partial charge in [0.15, 0.2) is 23.6 Å². The monoisotopic (exact) mass is 291 g/mol. The standard InChI is InChI=1S/C14H10FNO5/c1-20-13-6-5-10(7-12(13)16(18)19)21-14-9(8-17)3-2-4-11(14)15/h2-8H,1H3. The average molecular weight is 291 g/mol. The number of hydrogen-bond acceptors (Lipinski definition) is 5. The fourth-order valence-corrected chi connectivity index (χ4v) is 1.72. The van der Waals surface area contributed by atoms with Gasteiger partial charge in [-0.15, -0.1) is 0 Å². The second kappa shape index (κ2) is 6.00. The first kappa shape index (κ1) is 14.4. The van der Waals surface area contributed by atoms with Gasteiger partial charge in [0.2, 0.25) is 0 Å². The molecule has 2 aromatic carbocycles. The molecule has 7 heteroatoms. The summed E-state index contributed by atoms with van der Waals surface area (Å²) in [5.41, 5.74) is -0.313. The van der Waals surface area contributed by atoms with Crippen LogP contribution < -0.4 is 9.47 Å². The summed E-state index contributed by atoms with van der Waals surface area (Å²) in [6.07, 6.45) is 0.441. The highest BCUT2D eigenvalue weighted by Crippen LogP contribution is 2.34. The maximum Gasteiger partial charge on any atom is 0.314 e. The lowest BCUT2D eigenvalue weighted by molar-refractivity contribution is -0.385. The first-order valence-electron chi connectivity index (χ1n) is 5.80. The highest BCUT2D eigenvalue weighted by Gasteiger charge is 2.17. The van der Waals surface area contributed by atoms with E-state index in [1.165, 1.54) is 31.4 Å². The number of halogens is 1. The van der Waals surface area contributed by atoms with E-state index < -0.39 is 10.7 Å². The van der Waals surface area contributed by atoms with Crippen molar-refractivity contribution in [2.24, 2.45) is 0 Å². The van der Waals surface area contributed by atoms with Gasteiger partial charge in [0.1, 0.15) is 5.75 Å². The maximum atomic E-state index is 13.7. The maximum absolute atomic E-state index is 13.7. The Hall–Kier alpha value is -2.96. The third kappa shape index (κ3) is 2.97. The Morgan fingerprint density at radius 2 is 2.05 bits per heavy atom. The number of carbonyl (C=O) groups is 1. The van der Waals surface area contributed by atoms with Crippen LogP contribution >= 0.6 is 0 Å². The van der Waals surface area contributed by atoms with E-state index in [4.69, 9.17) is 9.47 Å². The fourth-order valence-electron chi connectivity index (χ4n) is 1.72. The minimum absolute atomic E-state index is 0.00784. The molecule has 0 aliphatic carbocycles. The molecule has 2 aromatic rings. The lowest BCUT2D eigenvalue weighted by Crippen LogP contribution is -1.97. The van der Waals surface area contributed by atoms with E-state index in [0.717, 1.165) is 12.1 Å². The summed E-state index contributed by atoms with van der Waals surface area (Å²) in [5.74, 6) is -0.947. The van der Waals surface area contributed by atoms with E-state index in [-0.39, 0.29) is 28.5 Å². The molecule has 0 N–H and O–H groups in total. The molecule has 0 atom stereocenters. The zero-order valence-electron chi connectivity index (χ0n) is 10.9. The summed E-state index contributed by atoms with van der Waals surface area (Å²) < 4.78 is 23.8. The predicted molar refractivity (Wildman–Crippen MR) is 71.5 cm³/mol.